The quantitative estimate of drug-likeness (QED) is 0.328. The molecule has 3 aromatic carbocycles. The predicted octanol–water partition coefficient (Wildman–Crippen LogP) is 4.24. The first kappa shape index (κ1) is 23.0. The summed E-state index contributed by atoms with van der Waals surface area (Å²) in [4.78, 5) is 22.3. The number of para-hydroxylation sites is 2. The minimum absolute atomic E-state index is 0.0202. The van der Waals surface area contributed by atoms with Gasteiger partial charge in [0.15, 0.2) is 0 Å². The predicted molar refractivity (Wildman–Crippen MR) is 119 cm³/mol. The highest BCUT2D eigenvalue weighted by atomic mass is 35.5. The number of benzene rings is 3. The summed E-state index contributed by atoms with van der Waals surface area (Å²) >= 11 is 5.96. The lowest BCUT2D eigenvalue weighted by molar-refractivity contribution is -0.383. The Balaban J connectivity index is 1.78. The van der Waals surface area contributed by atoms with Crippen molar-refractivity contribution in [3.05, 3.63) is 87.7 Å². The Morgan fingerprint density at radius 2 is 1.69 bits per heavy atom. The van der Waals surface area contributed by atoms with Crippen molar-refractivity contribution in [1.29, 1.82) is 0 Å². The van der Waals surface area contributed by atoms with Gasteiger partial charge in [0.25, 0.3) is 15.7 Å². The molecule has 0 unspecified atom stereocenters. The fourth-order valence-electron chi connectivity index (χ4n) is 2.72. The number of nitro groups is 1. The van der Waals surface area contributed by atoms with Crippen LogP contribution in [0.5, 0.6) is 0 Å². The van der Waals surface area contributed by atoms with Crippen LogP contribution in [0.25, 0.3) is 0 Å². The molecule has 32 heavy (non-hydrogen) atoms. The number of nitrogens with zero attached hydrogens (tertiary/aromatic N) is 1. The Morgan fingerprint density at radius 3 is 2.41 bits per heavy atom. The first-order valence-electron chi connectivity index (χ1n) is 9.01. The number of carbonyl (C=O) groups excluding carboxylic acids is 1. The van der Waals surface area contributed by atoms with E-state index in [-0.39, 0.29) is 34.3 Å². The van der Waals surface area contributed by atoms with Crippen molar-refractivity contribution in [3.8, 4) is 0 Å². The number of rotatable bonds is 8. The van der Waals surface area contributed by atoms with Gasteiger partial charge in [-0.25, -0.2) is 12.8 Å². The van der Waals surface area contributed by atoms with Gasteiger partial charge in [0.1, 0.15) is 16.4 Å². The van der Waals surface area contributed by atoms with E-state index in [2.05, 4.69) is 15.4 Å². The Kier molecular flexibility index (Phi) is 6.91. The Bertz CT molecular complexity index is 1290. The highest BCUT2D eigenvalue weighted by Gasteiger charge is 2.21. The maximum Gasteiger partial charge on any atom is 0.292 e. The van der Waals surface area contributed by atoms with E-state index in [9.17, 15) is 27.7 Å². The summed E-state index contributed by atoms with van der Waals surface area (Å²) in [5.41, 5.74) is -0.0934. The van der Waals surface area contributed by atoms with Crippen molar-refractivity contribution in [2.75, 3.05) is 21.9 Å². The van der Waals surface area contributed by atoms with E-state index in [0.29, 0.717) is 0 Å². The minimum Gasteiger partial charge on any atom is -0.371 e. The number of hydrogen-bond donors (Lipinski definition) is 3. The largest absolute Gasteiger partial charge is 0.371 e. The van der Waals surface area contributed by atoms with E-state index in [0.717, 1.165) is 12.1 Å². The number of sulfonamides is 1. The summed E-state index contributed by atoms with van der Waals surface area (Å²) < 4.78 is 41.3. The molecule has 0 fully saturated rings. The summed E-state index contributed by atoms with van der Waals surface area (Å²) in [6, 6.07) is 14.6. The van der Waals surface area contributed by atoms with E-state index in [1.54, 1.807) is 6.07 Å². The van der Waals surface area contributed by atoms with Crippen LogP contribution in [-0.2, 0) is 14.8 Å². The number of carbonyl (C=O) groups is 1. The lowest BCUT2D eigenvalue weighted by Crippen LogP contribution is -2.23. The van der Waals surface area contributed by atoms with Gasteiger partial charge in [0.2, 0.25) is 5.91 Å². The van der Waals surface area contributed by atoms with Crippen LogP contribution in [0.1, 0.15) is 0 Å². The van der Waals surface area contributed by atoms with Crippen molar-refractivity contribution in [3.63, 3.8) is 0 Å². The van der Waals surface area contributed by atoms with Gasteiger partial charge in [0, 0.05) is 11.1 Å². The zero-order valence-electron chi connectivity index (χ0n) is 16.2. The van der Waals surface area contributed by atoms with E-state index in [1.165, 1.54) is 48.5 Å². The summed E-state index contributed by atoms with van der Waals surface area (Å²) in [7, 11) is -4.30. The molecule has 0 saturated carbocycles. The third-order valence-electron chi connectivity index (χ3n) is 4.17. The van der Waals surface area contributed by atoms with Crippen molar-refractivity contribution < 1.29 is 22.5 Å². The molecule has 0 saturated heterocycles. The van der Waals surface area contributed by atoms with Crippen LogP contribution in [0.15, 0.2) is 71.6 Å². The molecule has 0 radical (unpaired) electrons. The standard InChI is InChI=1S/C20H16ClFN4O5S/c21-13-9-10-15(25-32(30,31)19-8-4-1-5-14(19)22)17(11-13)24-20(27)12-23-16-6-2-3-7-18(16)26(28)29/h1-11,23,25H,12H2,(H,24,27). The molecule has 3 rings (SSSR count). The topological polar surface area (TPSA) is 130 Å². The molecule has 9 nitrogen and oxygen atoms in total. The van der Waals surface area contributed by atoms with Gasteiger partial charge in [-0.05, 0) is 36.4 Å². The highest BCUT2D eigenvalue weighted by Crippen LogP contribution is 2.29. The van der Waals surface area contributed by atoms with Gasteiger partial charge in [-0.2, -0.15) is 0 Å². The van der Waals surface area contributed by atoms with Gasteiger partial charge in [0.05, 0.1) is 22.8 Å². The van der Waals surface area contributed by atoms with Gasteiger partial charge in [-0.15, -0.1) is 0 Å². The molecule has 0 heterocycles. The number of hydrogen-bond acceptors (Lipinski definition) is 6. The van der Waals surface area contributed by atoms with Crippen molar-refractivity contribution in [1.82, 2.24) is 0 Å². The fraction of sp³-hybridized carbons (Fsp3) is 0.0500. The maximum absolute atomic E-state index is 13.9. The number of anilines is 3. The van der Waals surface area contributed by atoms with E-state index in [1.807, 2.05) is 0 Å². The number of amides is 1. The number of halogens is 2. The number of nitrogens with one attached hydrogen (secondary N) is 3. The average molecular weight is 479 g/mol. The zero-order chi connectivity index (χ0) is 23.3. The molecule has 0 aliphatic heterocycles. The molecule has 0 atom stereocenters. The Hall–Kier alpha value is -3.70. The third kappa shape index (κ3) is 5.50. The van der Waals surface area contributed by atoms with Crippen LogP contribution in [-0.4, -0.2) is 25.8 Å². The van der Waals surface area contributed by atoms with E-state index in [4.69, 9.17) is 11.6 Å². The lowest BCUT2D eigenvalue weighted by Gasteiger charge is -2.15. The zero-order valence-corrected chi connectivity index (χ0v) is 17.8. The summed E-state index contributed by atoms with van der Waals surface area (Å²) in [6.07, 6.45) is 0. The summed E-state index contributed by atoms with van der Waals surface area (Å²) in [5, 5.41) is 16.4. The average Bonchev–Trinajstić information content (AvgIpc) is 2.74. The van der Waals surface area contributed by atoms with Gasteiger partial charge in [-0.1, -0.05) is 35.9 Å². The summed E-state index contributed by atoms with van der Waals surface area (Å²) in [6.45, 7) is -0.350. The molecule has 0 aliphatic carbocycles. The molecule has 0 spiro atoms. The van der Waals surface area contributed by atoms with Crippen molar-refractivity contribution in [2.45, 2.75) is 4.90 Å². The fourth-order valence-corrected chi connectivity index (χ4v) is 4.06. The van der Waals surface area contributed by atoms with Crippen LogP contribution in [0, 0.1) is 15.9 Å². The molecule has 0 bridgehead atoms. The first-order chi connectivity index (χ1) is 15.2. The van der Waals surface area contributed by atoms with Crippen molar-refractivity contribution >= 4 is 50.3 Å². The van der Waals surface area contributed by atoms with Crippen LogP contribution >= 0.6 is 11.6 Å². The number of nitro benzene ring substituents is 1. The summed E-state index contributed by atoms with van der Waals surface area (Å²) in [5.74, 6) is -1.56. The normalized spacial score (nSPS) is 10.9. The van der Waals surface area contributed by atoms with Crippen LogP contribution in [0.2, 0.25) is 5.02 Å². The highest BCUT2D eigenvalue weighted by molar-refractivity contribution is 7.92. The molecule has 3 N–H and O–H groups in total. The van der Waals surface area contributed by atoms with Crippen LogP contribution < -0.4 is 15.4 Å². The Morgan fingerprint density at radius 1 is 1.00 bits per heavy atom. The van der Waals surface area contributed by atoms with E-state index >= 15 is 0 Å². The molecule has 0 aliphatic rings. The molecule has 12 heteroatoms. The molecular formula is C20H16ClFN4O5S. The molecule has 1 amide bonds. The van der Waals surface area contributed by atoms with Crippen LogP contribution in [0.4, 0.5) is 27.1 Å². The maximum atomic E-state index is 13.9. The second-order valence-corrected chi connectivity index (χ2v) is 8.49. The third-order valence-corrected chi connectivity index (χ3v) is 5.80. The minimum atomic E-state index is -4.30. The van der Waals surface area contributed by atoms with Gasteiger partial charge in [-0.3, -0.25) is 19.6 Å². The Labute approximate surface area is 187 Å². The molecule has 166 valence electrons. The van der Waals surface area contributed by atoms with Gasteiger partial charge >= 0.3 is 0 Å². The molecule has 3 aromatic rings. The smallest absolute Gasteiger partial charge is 0.292 e. The second-order valence-electron chi connectivity index (χ2n) is 6.40. The van der Waals surface area contributed by atoms with E-state index < -0.39 is 31.6 Å². The van der Waals surface area contributed by atoms with Crippen LogP contribution in [0.3, 0.4) is 0 Å². The lowest BCUT2D eigenvalue weighted by atomic mass is 10.2. The SMILES string of the molecule is O=C(CNc1ccccc1[N+](=O)[O-])Nc1cc(Cl)ccc1NS(=O)(=O)c1ccccc1F. The first-order valence-corrected chi connectivity index (χ1v) is 10.9. The van der Waals surface area contributed by atoms with Crippen molar-refractivity contribution in [2.24, 2.45) is 0 Å². The van der Waals surface area contributed by atoms with Gasteiger partial charge < -0.3 is 10.6 Å². The molecular weight excluding hydrogens is 463 g/mol. The monoisotopic (exact) mass is 478 g/mol. The molecule has 0 aromatic heterocycles. The second kappa shape index (κ2) is 9.62.